The molecule has 2 atom stereocenters. The van der Waals surface area contributed by atoms with E-state index < -0.39 is 34.0 Å². The summed E-state index contributed by atoms with van der Waals surface area (Å²) in [6.07, 6.45) is 0.544. The van der Waals surface area contributed by atoms with Crippen LogP contribution in [0.4, 0.5) is 20.2 Å². The van der Waals surface area contributed by atoms with Gasteiger partial charge in [0.25, 0.3) is 5.69 Å². The second-order valence-electron chi connectivity index (χ2n) is 4.29. The zero-order valence-electron chi connectivity index (χ0n) is 9.94. The molecule has 19 heavy (non-hydrogen) atoms. The number of halogens is 2. The van der Waals surface area contributed by atoms with E-state index in [9.17, 15) is 18.9 Å². The number of nitro benzene ring substituents is 1. The first-order chi connectivity index (χ1) is 9.00. The summed E-state index contributed by atoms with van der Waals surface area (Å²) in [6.45, 7) is 0.668. The predicted octanol–water partition coefficient (Wildman–Crippen LogP) is 1.40. The molecule has 8 heteroatoms. The fourth-order valence-electron chi connectivity index (χ4n) is 1.92. The first-order valence-electron chi connectivity index (χ1n) is 5.73. The topological polar surface area (TPSA) is 90.4 Å². The quantitative estimate of drug-likeness (QED) is 0.641. The Kier molecular flexibility index (Phi) is 3.91. The van der Waals surface area contributed by atoms with Crippen molar-refractivity contribution >= 4 is 11.4 Å². The van der Waals surface area contributed by atoms with Gasteiger partial charge in [0.15, 0.2) is 17.3 Å². The van der Waals surface area contributed by atoms with Crippen LogP contribution in [0, 0.1) is 21.7 Å². The van der Waals surface area contributed by atoms with Gasteiger partial charge < -0.3 is 15.8 Å². The monoisotopic (exact) mass is 273 g/mol. The van der Waals surface area contributed by atoms with Crippen LogP contribution in [-0.4, -0.2) is 30.2 Å². The van der Waals surface area contributed by atoms with Crippen LogP contribution < -0.4 is 11.1 Å². The van der Waals surface area contributed by atoms with Gasteiger partial charge in [0.1, 0.15) is 0 Å². The maximum absolute atomic E-state index is 13.7. The summed E-state index contributed by atoms with van der Waals surface area (Å²) in [5, 5.41) is 13.4. The van der Waals surface area contributed by atoms with E-state index in [4.69, 9.17) is 10.5 Å². The number of anilines is 1. The van der Waals surface area contributed by atoms with Crippen LogP contribution in [0.15, 0.2) is 12.1 Å². The van der Waals surface area contributed by atoms with Crippen molar-refractivity contribution in [2.75, 3.05) is 18.5 Å². The highest BCUT2D eigenvalue weighted by Gasteiger charge is 2.28. The number of nitrogens with zero attached hydrogens (tertiary/aromatic N) is 1. The second kappa shape index (κ2) is 5.45. The summed E-state index contributed by atoms with van der Waals surface area (Å²) in [4.78, 5) is 10.0. The molecule has 1 aliphatic rings. The molecule has 1 saturated heterocycles. The normalized spacial score (nSPS) is 23.1. The minimum absolute atomic E-state index is 0.189. The number of benzene rings is 1. The average molecular weight is 273 g/mol. The molecular formula is C11H13F2N3O3. The lowest BCUT2D eigenvalue weighted by molar-refractivity contribution is -0.384. The molecule has 0 bridgehead atoms. The molecule has 0 saturated carbocycles. The van der Waals surface area contributed by atoms with Gasteiger partial charge in [0, 0.05) is 18.7 Å². The molecule has 104 valence electrons. The van der Waals surface area contributed by atoms with Crippen LogP contribution in [-0.2, 0) is 4.74 Å². The number of ether oxygens (including phenoxy) is 1. The van der Waals surface area contributed by atoms with Gasteiger partial charge in [-0.3, -0.25) is 10.1 Å². The zero-order valence-corrected chi connectivity index (χ0v) is 9.94. The summed E-state index contributed by atoms with van der Waals surface area (Å²) >= 11 is 0. The maximum Gasteiger partial charge on any atom is 0.295 e. The van der Waals surface area contributed by atoms with E-state index in [1.165, 1.54) is 0 Å². The fourth-order valence-corrected chi connectivity index (χ4v) is 1.92. The molecule has 1 fully saturated rings. The largest absolute Gasteiger partial charge is 0.379 e. The number of nitro groups is 1. The van der Waals surface area contributed by atoms with Gasteiger partial charge in [-0.25, -0.2) is 8.78 Å². The van der Waals surface area contributed by atoms with E-state index in [1.54, 1.807) is 0 Å². The molecule has 1 aliphatic heterocycles. The number of hydrogen-bond donors (Lipinski definition) is 2. The summed E-state index contributed by atoms with van der Waals surface area (Å²) in [5.41, 5.74) is 4.79. The van der Waals surface area contributed by atoms with Crippen molar-refractivity contribution in [1.29, 1.82) is 0 Å². The first-order valence-corrected chi connectivity index (χ1v) is 5.73. The van der Waals surface area contributed by atoms with Crippen molar-refractivity contribution in [2.45, 2.75) is 18.5 Å². The Bertz CT molecular complexity index is 498. The lowest BCUT2D eigenvalue weighted by Gasteiger charge is -2.30. The third kappa shape index (κ3) is 2.79. The van der Waals surface area contributed by atoms with E-state index in [2.05, 4.69) is 5.32 Å². The molecule has 3 N–H and O–H groups in total. The van der Waals surface area contributed by atoms with Crippen LogP contribution in [0.3, 0.4) is 0 Å². The molecule has 0 unspecified atom stereocenters. The van der Waals surface area contributed by atoms with Crippen molar-refractivity contribution in [3.8, 4) is 0 Å². The van der Waals surface area contributed by atoms with Gasteiger partial charge in [0.2, 0.25) is 0 Å². The Balaban J connectivity index is 2.32. The summed E-state index contributed by atoms with van der Waals surface area (Å²) in [5.74, 6) is -2.44. The summed E-state index contributed by atoms with van der Waals surface area (Å²) in [7, 11) is 0. The molecule has 0 aromatic heterocycles. The Hall–Kier alpha value is -1.80. The molecule has 1 aromatic carbocycles. The van der Waals surface area contributed by atoms with E-state index >= 15 is 0 Å². The van der Waals surface area contributed by atoms with Gasteiger partial charge in [0.05, 0.1) is 17.6 Å². The first kappa shape index (κ1) is 13.6. The molecule has 0 radical (unpaired) electrons. The lowest BCUT2D eigenvalue weighted by Crippen LogP contribution is -2.47. The van der Waals surface area contributed by atoms with Gasteiger partial charge >= 0.3 is 0 Å². The van der Waals surface area contributed by atoms with Gasteiger partial charge in [-0.2, -0.15) is 0 Å². The third-order valence-electron chi connectivity index (χ3n) is 3.01. The highest BCUT2D eigenvalue weighted by atomic mass is 19.2. The third-order valence-corrected chi connectivity index (χ3v) is 3.01. The van der Waals surface area contributed by atoms with Gasteiger partial charge in [-0.05, 0) is 12.5 Å². The highest BCUT2D eigenvalue weighted by Crippen LogP contribution is 2.30. The van der Waals surface area contributed by atoms with Crippen LogP contribution >= 0.6 is 0 Å². The minimum Gasteiger partial charge on any atom is -0.379 e. The molecule has 2 rings (SSSR count). The molecule has 6 nitrogen and oxygen atoms in total. The standard InChI is InChI=1S/C11H13F2N3O3/c12-6-1-2-9(16(17)18)11(10(6)13)15-8-5-19-4-3-7(8)14/h1-2,7-8,15H,3-5,14H2/t7-,8-/m0/s1. The molecule has 0 amide bonds. The second-order valence-corrected chi connectivity index (χ2v) is 4.29. The smallest absolute Gasteiger partial charge is 0.295 e. The Morgan fingerprint density at radius 1 is 1.47 bits per heavy atom. The number of rotatable bonds is 3. The SMILES string of the molecule is N[C@H]1CCOC[C@@H]1Nc1c([N+](=O)[O-])ccc(F)c1F. The van der Waals surface area contributed by atoms with Gasteiger partial charge in [-0.1, -0.05) is 0 Å². The molecular weight excluding hydrogens is 260 g/mol. The maximum atomic E-state index is 13.7. The predicted molar refractivity (Wildman–Crippen MR) is 63.8 cm³/mol. The van der Waals surface area contributed by atoms with Crippen molar-refractivity contribution in [3.63, 3.8) is 0 Å². The molecule has 0 spiro atoms. The van der Waals surface area contributed by atoms with E-state index in [0.717, 1.165) is 12.1 Å². The van der Waals surface area contributed by atoms with Crippen LogP contribution in [0.5, 0.6) is 0 Å². The number of hydrogen-bond acceptors (Lipinski definition) is 5. The molecule has 0 aliphatic carbocycles. The number of nitrogens with two attached hydrogens (primary N) is 1. The minimum atomic E-state index is -1.29. The van der Waals surface area contributed by atoms with Crippen LogP contribution in [0.25, 0.3) is 0 Å². The van der Waals surface area contributed by atoms with Crippen LogP contribution in [0.1, 0.15) is 6.42 Å². The Morgan fingerprint density at radius 3 is 2.84 bits per heavy atom. The lowest BCUT2D eigenvalue weighted by atomic mass is 10.0. The molecule has 1 heterocycles. The van der Waals surface area contributed by atoms with Crippen molar-refractivity contribution in [3.05, 3.63) is 33.9 Å². The summed E-state index contributed by atoms with van der Waals surface area (Å²) in [6, 6.07) is 0.797. The fraction of sp³-hybridized carbons (Fsp3) is 0.455. The van der Waals surface area contributed by atoms with Crippen molar-refractivity contribution < 1.29 is 18.4 Å². The van der Waals surface area contributed by atoms with Crippen LogP contribution in [0.2, 0.25) is 0 Å². The molecule has 1 aromatic rings. The summed E-state index contributed by atoms with van der Waals surface area (Å²) < 4.78 is 32.0. The average Bonchev–Trinajstić information content (AvgIpc) is 2.37. The zero-order chi connectivity index (χ0) is 14.0. The highest BCUT2D eigenvalue weighted by molar-refractivity contribution is 5.63. The van der Waals surface area contributed by atoms with E-state index in [-0.39, 0.29) is 12.6 Å². The van der Waals surface area contributed by atoms with Crippen molar-refractivity contribution in [1.82, 2.24) is 0 Å². The Morgan fingerprint density at radius 2 is 2.21 bits per heavy atom. The van der Waals surface area contributed by atoms with E-state index in [0.29, 0.717) is 13.0 Å². The van der Waals surface area contributed by atoms with Gasteiger partial charge in [-0.15, -0.1) is 0 Å². The van der Waals surface area contributed by atoms with Crippen molar-refractivity contribution in [2.24, 2.45) is 5.73 Å². The Labute approximate surface area is 107 Å². The number of nitrogens with one attached hydrogen (secondary N) is 1. The van der Waals surface area contributed by atoms with E-state index in [1.807, 2.05) is 0 Å².